The molecule has 0 amide bonds. The summed E-state index contributed by atoms with van der Waals surface area (Å²) in [5, 5.41) is 0.312. The van der Waals surface area contributed by atoms with Gasteiger partial charge in [0.05, 0.1) is 0 Å². The molecule has 0 fully saturated rings. The first-order valence-electron chi connectivity index (χ1n) is 3.80. The zero-order valence-electron chi connectivity index (χ0n) is 6.20. The van der Waals surface area contributed by atoms with Crippen molar-refractivity contribution in [3.05, 3.63) is 35.4 Å². The Morgan fingerprint density at radius 3 is 2.82 bits per heavy atom. The zero-order chi connectivity index (χ0) is 7.84. The maximum atomic E-state index is 5.91. The smallest absolute Gasteiger partial charge is 0.0419 e. The summed E-state index contributed by atoms with van der Waals surface area (Å²) in [5.41, 5.74) is 8.55. The Kier molecular flexibility index (Phi) is 1.66. The maximum absolute atomic E-state index is 5.91. The first kappa shape index (κ1) is 7.19. The fourth-order valence-corrected chi connectivity index (χ4v) is 1.96. The molecule has 11 heavy (non-hydrogen) atoms. The summed E-state index contributed by atoms with van der Waals surface area (Å²) in [6.07, 6.45) is 1.01. The van der Waals surface area contributed by atoms with Crippen LogP contribution < -0.4 is 5.73 Å². The van der Waals surface area contributed by atoms with E-state index >= 15 is 0 Å². The summed E-state index contributed by atoms with van der Waals surface area (Å²) in [6, 6.07) is 8.44. The van der Waals surface area contributed by atoms with Gasteiger partial charge in [-0.25, -0.2) is 0 Å². The van der Waals surface area contributed by atoms with Crippen LogP contribution in [0.4, 0.5) is 0 Å². The number of benzene rings is 1. The van der Waals surface area contributed by atoms with Gasteiger partial charge < -0.3 is 5.73 Å². The van der Waals surface area contributed by atoms with Crippen LogP contribution in [0.5, 0.6) is 0 Å². The van der Waals surface area contributed by atoms with Gasteiger partial charge >= 0.3 is 0 Å². The minimum Gasteiger partial charge on any atom is -0.323 e. The number of nitrogens with two attached hydrogens (primary N) is 1. The van der Waals surface area contributed by atoms with Gasteiger partial charge in [0.25, 0.3) is 0 Å². The summed E-state index contributed by atoms with van der Waals surface area (Å²) in [7, 11) is 0. The van der Waals surface area contributed by atoms with E-state index in [1.807, 2.05) is 6.07 Å². The van der Waals surface area contributed by atoms with Crippen LogP contribution in [0, 0.1) is 0 Å². The van der Waals surface area contributed by atoms with Crippen molar-refractivity contribution >= 4 is 12.6 Å². The second kappa shape index (κ2) is 2.54. The Morgan fingerprint density at radius 2 is 2.09 bits per heavy atom. The Balaban J connectivity index is 2.47. The topological polar surface area (TPSA) is 26.0 Å². The predicted octanol–water partition coefficient (Wildman–Crippen LogP) is 1.54. The molecule has 0 aromatic heterocycles. The predicted molar refractivity (Wildman–Crippen MR) is 49.8 cm³/mol. The highest BCUT2D eigenvalue weighted by atomic mass is 32.1. The van der Waals surface area contributed by atoms with Gasteiger partial charge in [-0.2, -0.15) is 12.6 Å². The van der Waals surface area contributed by atoms with Crippen LogP contribution in [0.2, 0.25) is 0 Å². The molecule has 1 aromatic rings. The molecule has 0 bridgehead atoms. The number of hydrogen-bond donors (Lipinski definition) is 2. The highest BCUT2D eigenvalue weighted by Gasteiger charge is 2.25. The van der Waals surface area contributed by atoms with Crippen molar-refractivity contribution in [2.24, 2.45) is 5.73 Å². The average molecular weight is 165 g/mol. The van der Waals surface area contributed by atoms with Crippen LogP contribution in [0.1, 0.15) is 17.2 Å². The Bertz CT molecular complexity index is 272. The number of rotatable bonds is 0. The lowest BCUT2D eigenvalue weighted by Gasteiger charge is -2.07. The van der Waals surface area contributed by atoms with Crippen molar-refractivity contribution in [3.63, 3.8) is 0 Å². The fraction of sp³-hybridized carbons (Fsp3) is 0.333. The van der Waals surface area contributed by atoms with E-state index in [2.05, 4.69) is 30.8 Å². The van der Waals surface area contributed by atoms with Gasteiger partial charge in [0.15, 0.2) is 0 Å². The van der Waals surface area contributed by atoms with Crippen LogP contribution in [-0.4, -0.2) is 5.25 Å². The van der Waals surface area contributed by atoms with Crippen molar-refractivity contribution in [3.8, 4) is 0 Å². The molecule has 1 aliphatic carbocycles. The Hall–Kier alpha value is -0.470. The third-order valence-corrected chi connectivity index (χ3v) is 2.76. The lowest BCUT2D eigenvalue weighted by Crippen LogP contribution is -2.16. The van der Waals surface area contributed by atoms with Gasteiger partial charge in [-0.3, -0.25) is 0 Å². The van der Waals surface area contributed by atoms with Gasteiger partial charge in [-0.15, -0.1) is 0 Å². The molecule has 2 atom stereocenters. The molecule has 1 aliphatic rings. The first-order chi connectivity index (χ1) is 5.29. The number of hydrogen-bond acceptors (Lipinski definition) is 2. The summed E-state index contributed by atoms with van der Waals surface area (Å²) >= 11 is 4.41. The summed E-state index contributed by atoms with van der Waals surface area (Å²) < 4.78 is 0. The van der Waals surface area contributed by atoms with Crippen molar-refractivity contribution in [1.29, 1.82) is 0 Å². The molecule has 2 rings (SSSR count). The molecule has 0 heterocycles. The molecule has 1 nitrogen and oxygen atoms in total. The number of fused-ring (bicyclic) bond motifs is 1. The molecule has 0 spiro atoms. The summed E-state index contributed by atoms with van der Waals surface area (Å²) in [4.78, 5) is 0. The lowest BCUT2D eigenvalue weighted by molar-refractivity contribution is 0.736. The molecule has 0 saturated carbocycles. The average Bonchev–Trinajstić information content (AvgIpc) is 2.30. The van der Waals surface area contributed by atoms with Crippen LogP contribution >= 0.6 is 12.6 Å². The minimum absolute atomic E-state index is 0.134. The van der Waals surface area contributed by atoms with E-state index in [4.69, 9.17) is 5.73 Å². The van der Waals surface area contributed by atoms with Crippen LogP contribution in [0.3, 0.4) is 0 Å². The molecule has 1 aromatic carbocycles. The normalized spacial score (nSPS) is 28.5. The van der Waals surface area contributed by atoms with Crippen molar-refractivity contribution in [2.75, 3.05) is 0 Å². The summed E-state index contributed by atoms with van der Waals surface area (Å²) in [5.74, 6) is 0. The highest BCUT2D eigenvalue weighted by molar-refractivity contribution is 7.81. The zero-order valence-corrected chi connectivity index (χ0v) is 7.09. The third kappa shape index (κ3) is 1.06. The van der Waals surface area contributed by atoms with Gasteiger partial charge in [-0.05, 0) is 17.5 Å². The lowest BCUT2D eigenvalue weighted by atomic mass is 10.1. The second-order valence-corrected chi connectivity index (χ2v) is 3.66. The molecular formula is C9H11NS. The van der Waals surface area contributed by atoms with Gasteiger partial charge in [0.1, 0.15) is 0 Å². The largest absolute Gasteiger partial charge is 0.323 e. The Labute approximate surface area is 72.0 Å². The Morgan fingerprint density at radius 1 is 1.36 bits per heavy atom. The van der Waals surface area contributed by atoms with E-state index in [-0.39, 0.29) is 6.04 Å². The van der Waals surface area contributed by atoms with Gasteiger partial charge in [0.2, 0.25) is 0 Å². The SMILES string of the molecule is N[C@H]1c2ccccc2C[C@@H]1S. The third-order valence-electron chi connectivity index (χ3n) is 2.26. The van der Waals surface area contributed by atoms with Crippen molar-refractivity contribution < 1.29 is 0 Å². The molecule has 0 unspecified atom stereocenters. The van der Waals surface area contributed by atoms with Crippen molar-refractivity contribution in [2.45, 2.75) is 17.7 Å². The second-order valence-electron chi connectivity index (χ2n) is 3.00. The molecule has 2 N–H and O–H groups in total. The van der Waals surface area contributed by atoms with Crippen LogP contribution in [-0.2, 0) is 6.42 Å². The standard InChI is InChI=1S/C9H11NS/c10-9-7-4-2-1-3-6(7)5-8(9)11/h1-4,8-9,11H,5,10H2/t8-,9-/m0/s1. The fourth-order valence-electron chi connectivity index (χ4n) is 1.60. The van der Waals surface area contributed by atoms with Crippen LogP contribution in [0.25, 0.3) is 0 Å². The van der Waals surface area contributed by atoms with E-state index in [9.17, 15) is 0 Å². The van der Waals surface area contributed by atoms with E-state index < -0.39 is 0 Å². The molecule has 2 heteroatoms. The van der Waals surface area contributed by atoms with Gasteiger partial charge in [0, 0.05) is 11.3 Å². The van der Waals surface area contributed by atoms with E-state index in [1.165, 1.54) is 11.1 Å². The molecular weight excluding hydrogens is 154 g/mol. The first-order valence-corrected chi connectivity index (χ1v) is 4.32. The maximum Gasteiger partial charge on any atom is 0.0419 e. The van der Waals surface area contributed by atoms with E-state index in [0.717, 1.165) is 6.42 Å². The van der Waals surface area contributed by atoms with Crippen molar-refractivity contribution in [1.82, 2.24) is 0 Å². The van der Waals surface area contributed by atoms with E-state index in [1.54, 1.807) is 0 Å². The number of thiol groups is 1. The molecule has 0 saturated heterocycles. The monoisotopic (exact) mass is 165 g/mol. The summed E-state index contributed by atoms with van der Waals surface area (Å²) in [6.45, 7) is 0. The molecule has 58 valence electrons. The van der Waals surface area contributed by atoms with Crippen LogP contribution in [0.15, 0.2) is 24.3 Å². The van der Waals surface area contributed by atoms with Gasteiger partial charge in [-0.1, -0.05) is 24.3 Å². The molecule has 0 radical (unpaired) electrons. The minimum atomic E-state index is 0.134. The van der Waals surface area contributed by atoms with E-state index in [0.29, 0.717) is 5.25 Å². The highest BCUT2D eigenvalue weighted by Crippen LogP contribution is 2.32. The quantitative estimate of drug-likeness (QED) is 0.560. The molecule has 0 aliphatic heterocycles.